The second-order valence-corrected chi connectivity index (χ2v) is 8.87. The Morgan fingerprint density at radius 1 is 1.12 bits per heavy atom. The van der Waals surface area contributed by atoms with E-state index in [1.807, 2.05) is 13.8 Å². The van der Waals surface area contributed by atoms with E-state index in [1.54, 1.807) is 25.1 Å². The van der Waals surface area contributed by atoms with Crippen molar-refractivity contribution < 1.29 is 22.4 Å². The molecule has 1 N–H and O–H groups in total. The molecule has 1 heterocycles. The molecule has 5 nitrogen and oxygen atoms in total. The molecule has 34 heavy (non-hydrogen) atoms. The van der Waals surface area contributed by atoms with Crippen LogP contribution in [0.2, 0.25) is 5.02 Å². The number of hydrogen-bond acceptors (Lipinski definition) is 2. The number of aromatic nitrogens is 1. The van der Waals surface area contributed by atoms with Crippen LogP contribution in [0.15, 0.2) is 53.5 Å². The van der Waals surface area contributed by atoms with Crippen molar-refractivity contribution in [2.75, 3.05) is 11.9 Å². The van der Waals surface area contributed by atoms with Gasteiger partial charge in [-0.15, -0.1) is 0 Å². The largest absolute Gasteiger partial charge is 0.406 e. The molecule has 0 aliphatic heterocycles. The van der Waals surface area contributed by atoms with Crippen molar-refractivity contribution in [3.05, 3.63) is 75.4 Å². The molecular formula is C24H24ClF4N3O2. The van der Waals surface area contributed by atoms with Crippen molar-refractivity contribution in [1.29, 1.82) is 0 Å². The number of carbonyl (C=O) groups excluding carboxylic acids is 1. The molecule has 0 bridgehead atoms. The number of pyridine rings is 1. The third-order valence-corrected chi connectivity index (χ3v) is 5.57. The van der Waals surface area contributed by atoms with Crippen LogP contribution in [0.5, 0.6) is 0 Å². The van der Waals surface area contributed by atoms with Crippen LogP contribution in [-0.4, -0.2) is 28.2 Å². The number of halogens is 5. The van der Waals surface area contributed by atoms with Crippen molar-refractivity contribution in [3.63, 3.8) is 0 Å². The summed E-state index contributed by atoms with van der Waals surface area (Å²) >= 11 is 5.81. The van der Waals surface area contributed by atoms with Crippen LogP contribution in [0, 0.1) is 11.7 Å². The summed E-state index contributed by atoms with van der Waals surface area (Å²) in [4.78, 5) is 27.4. The third-order valence-electron chi connectivity index (χ3n) is 5.29. The molecule has 2 aromatic carbocycles. The number of urea groups is 1. The maximum atomic E-state index is 13.5. The van der Waals surface area contributed by atoms with Gasteiger partial charge >= 0.3 is 12.2 Å². The lowest BCUT2D eigenvalue weighted by molar-refractivity contribution is -0.141. The number of anilines is 1. The summed E-state index contributed by atoms with van der Waals surface area (Å²) in [6, 6.07) is 8.88. The van der Waals surface area contributed by atoms with Crippen molar-refractivity contribution >= 4 is 34.1 Å². The Hall–Kier alpha value is -3.07. The summed E-state index contributed by atoms with van der Waals surface area (Å²) in [6.45, 7) is 4.30. The lowest BCUT2D eigenvalue weighted by Crippen LogP contribution is -2.40. The van der Waals surface area contributed by atoms with Gasteiger partial charge in [-0.2, -0.15) is 13.2 Å². The van der Waals surface area contributed by atoms with Crippen LogP contribution in [0.3, 0.4) is 0 Å². The lowest BCUT2D eigenvalue weighted by atomic mass is 10.0. The van der Waals surface area contributed by atoms with E-state index in [4.69, 9.17) is 11.6 Å². The molecule has 1 atom stereocenters. The fourth-order valence-electron chi connectivity index (χ4n) is 3.76. The van der Waals surface area contributed by atoms with E-state index >= 15 is 0 Å². The second kappa shape index (κ2) is 10.0. The number of hydrogen-bond donors (Lipinski definition) is 1. The molecule has 0 saturated heterocycles. The van der Waals surface area contributed by atoms with Gasteiger partial charge in [0.1, 0.15) is 12.4 Å². The quantitative estimate of drug-likeness (QED) is 0.390. The van der Waals surface area contributed by atoms with Gasteiger partial charge in [0.05, 0.1) is 11.1 Å². The van der Waals surface area contributed by atoms with Crippen molar-refractivity contribution in [2.24, 2.45) is 5.92 Å². The van der Waals surface area contributed by atoms with Crippen LogP contribution in [0.4, 0.5) is 28.0 Å². The van der Waals surface area contributed by atoms with Gasteiger partial charge in [0.2, 0.25) is 0 Å². The summed E-state index contributed by atoms with van der Waals surface area (Å²) in [6.07, 6.45) is -3.43. The summed E-state index contributed by atoms with van der Waals surface area (Å²) in [5.74, 6) is -0.609. The highest BCUT2D eigenvalue weighted by molar-refractivity contribution is 6.31. The minimum Gasteiger partial charge on any atom is -0.317 e. The van der Waals surface area contributed by atoms with Gasteiger partial charge in [0.25, 0.3) is 5.56 Å². The van der Waals surface area contributed by atoms with Crippen LogP contribution in [0.1, 0.15) is 32.4 Å². The molecule has 3 rings (SSSR count). The number of benzene rings is 2. The highest BCUT2D eigenvalue weighted by atomic mass is 35.5. The molecule has 0 saturated carbocycles. The average molecular weight is 498 g/mol. The van der Waals surface area contributed by atoms with Gasteiger partial charge in [-0.1, -0.05) is 43.6 Å². The van der Waals surface area contributed by atoms with Gasteiger partial charge in [-0.25, -0.2) is 9.18 Å². The Morgan fingerprint density at radius 3 is 2.35 bits per heavy atom. The zero-order valence-electron chi connectivity index (χ0n) is 18.8. The SMILES string of the molecule is CC(C)CN(C(=O)Nc1ccc(F)c(Cl)c1)C(C)c1cn(CC(F)(F)F)c(=O)c2ccccc12. The zero-order chi connectivity index (χ0) is 25.2. The summed E-state index contributed by atoms with van der Waals surface area (Å²) in [7, 11) is 0. The topological polar surface area (TPSA) is 54.3 Å². The fraction of sp³-hybridized carbons (Fsp3) is 0.333. The number of rotatable bonds is 6. The van der Waals surface area contributed by atoms with Gasteiger partial charge in [-0.3, -0.25) is 4.79 Å². The van der Waals surface area contributed by atoms with E-state index in [9.17, 15) is 27.2 Å². The standard InChI is InChI=1S/C24H24ClF4N3O2/c1-14(2)11-32(23(34)30-16-8-9-21(26)20(25)10-16)15(3)19-12-31(13-24(27,28)29)22(33)18-7-5-4-6-17(18)19/h4-10,12,14-15H,11,13H2,1-3H3,(H,30,34). The predicted octanol–water partition coefficient (Wildman–Crippen LogP) is 6.61. The van der Waals surface area contributed by atoms with Crippen molar-refractivity contribution in [1.82, 2.24) is 9.47 Å². The molecule has 0 spiro atoms. The fourth-order valence-corrected chi connectivity index (χ4v) is 3.94. The van der Waals surface area contributed by atoms with E-state index in [2.05, 4.69) is 5.32 Å². The number of alkyl halides is 3. The first-order chi connectivity index (χ1) is 15.9. The first-order valence-electron chi connectivity index (χ1n) is 10.6. The molecule has 10 heteroatoms. The average Bonchev–Trinajstić information content (AvgIpc) is 2.75. The van der Waals surface area contributed by atoms with Crippen LogP contribution < -0.4 is 10.9 Å². The normalized spacial score (nSPS) is 12.7. The van der Waals surface area contributed by atoms with Crippen molar-refractivity contribution in [3.8, 4) is 0 Å². The van der Waals surface area contributed by atoms with E-state index in [0.29, 0.717) is 15.5 Å². The van der Waals surface area contributed by atoms with E-state index in [1.165, 1.54) is 23.1 Å². The Balaban J connectivity index is 2.06. The third kappa shape index (κ3) is 5.88. The number of nitrogens with zero attached hydrogens (tertiary/aromatic N) is 2. The lowest BCUT2D eigenvalue weighted by Gasteiger charge is -2.32. The predicted molar refractivity (Wildman–Crippen MR) is 125 cm³/mol. The molecule has 2 amide bonds. The summed E-state index contributed by atoms with van der Waals surface area (Å²) in [5, 5.41) is 3.10. The molecule has 1 unspecified atom stereocenters. The van der Waals surface area contributed by atoms with Gasteiger partial charge in [-0.05, 0) is 48.1 Å². The van der Waals surface area contributed by atoms with Crippen LogP contribution in [0.25, 0.3) is 10.8 Å². The Kier molecular flexibility index (Phi) is 7.55. The summed E-state index contributed by atoms with van der Waals surface area (Å²) in [5.41, 5.74) is -0.0960. The Bertz CT molecular complexity index is 1260. The van der Waals surface area contributed by atoms with Gasteiger partial charge < -0.3 is 14.8 Å². The van der Waals surface area contributed by atoms with Gasteiger partial charge in [0, 0.05) is 23.8 Å². The molecule has 0 aliphatic carbocycles. The van der Waals surface area contributed by atoms with E-state index in [-0.39, 0.29) is 28.6 Å². The monoisotopic (exact) mass is 497 g/mol. The molecule has 0 fully saturated rings. The van der Waals surface area contributed by atoms with Crippen LogP contribution >= 0.6 is 11.6 Å². The number of nitrogens with one attached hydrogen (secondary N) is 1. The van der Waals surface area contributed by atoms with E-state index < -0.39 is 36.2 Å². The summed E-state index contributed by atoms with van der Waals surface area (Å²) < 4.78 is 53.5. The second-order valence-electron chi connectivity index (χ2n) is 8.46. The highest BCUT2D eigenvalue weighted by Crippen LogP contribution is 2.29. The minimum absolute atomic E-state index is 0.0253. The minimum atomic E-state index is -4.59. The molecule has 0 radical (unpaired) electrons. The first kappa shape index (κ1) is 25.6. The number of amides is 2. The Labute approximate surface area is 198 Å². The molecular weight excluding hydrogens is 474 g/mol. The molecule has 0 aliphatic rings. The van der Waals surface area contributed by atoms with E-state index in [0.717, 1.165) is 12.3 Å². The highest BCUT2D eigenvalue weighted by Gasteiger charge is 2.30. The Morgan fingerprint density at radius 2 is 1.76 bits per heavy atom. The maximum absolute atomic E-state index is 13.5. The molecule has 3 aromatic rings. The first-order valence-corrected chi connectivity index (χ1v) is 11.0. The maximum Gasteiger partial charge on any atom is 0.406 e. The zero-order valence-corrected chi connectivity index (χ0v) is 19.5. The molecule has 1 aromatic heterocycles. The van der Waals surface area contributed by atoms with Gasteiger partial charge in [0.15, 0.2) is 0 Å². The van der Waals surface area contributed by atoms with Crippen molar-refractivity contribution in [2.45, 2.75) is 39.5 Å². The van der Waals surface area contributed by atoms with Crippen LogP contribution in [-0.2, 0) is 6.54 Å². The number of fused-ring (bicyclic) bond motifs is 1. The smallest absolute Gasteiger partial charge is 0.317 e. The number of carbonyl (C=O) groups is 1. The molecule has 182 valence electrons.